The lowest BCUT2D eigenvalue weighted by atomic mass is 9.74. The summed E-state index contributed by atoms with van der Waals surface area (Å²) < 4.78 is 11.7. The standard InChI is InChI=1S/C22H23NO5/c1-13-19(20-16(25)6-4-8-18(20)28-13)21(26)23-9-15-14-5-2-3-7-17(14)27-12-22(15,10-23)11-24/h2-3,5,7,15,24H,4,6,8-12H2,1H3/t15-,22-/m1/s1. The lowest BCUT2D eigenvalue weighted by Crippen LogP contribution is -2.42. The SMILES string of the molecule is Cc1oc2c(c1C(=O)N1C[C@@H]3c4ccccc4OC[C@]3(CO)C1)C(=O)CCC2. The second-order valence-corrected chi connectivity index (χ2v) is 8.19. The topological polar surface area (TPSA) is 80.0 Å². The first-order chi connectivity index (χ1) is 13.5. The van der Waals surface area contributed by atoms with Gasteiger partial charge in [0.2, 0.25) is 0 Å². The van der Waals surface area contributed by atoms with Gasteiger partial charge in [0.1, 0.15) is 17.3 Å². The van der Waals surface area contributed by atoms with Gasteiger partial charge < -0.3 is 19.2 Å². The number of nitrogens with zero attached hydrogens (tertiary/aromatic N) is 1. The number of rotatable bonds is 2. The highest BCUT2D eigenvalue weighted by Gasteiger charge is 2.52. The van der Waals surface area contributed by atoms with Crippen LogP contribution < -0.4 is 4.74 Å². The molecule has 6 heteroatoms. The van der Waals surface area contributed by atoms with E-state index in [2.05, 4.69) is 0 Å². The largest absolute Gasteiger partial charge is 0.493 e. The molecule has 0 unspecified atom stereocenters. The molecule has 1 aromatic heterocycles. The summed E-state index contributed by atoms with van der Waals surface area (Å²) in [7, 11) is 0. The van der Waals surface area contributed by atoms with Crippen molar-refractivity contribution in [2.45, 2.75) is 32.1 Å². The highest BCUT2D eigenvalue weighted by molar-refractivity contribution is 6.10. The molecule has 1 aromatic carbocycles. The first-order valence-electron chi connectivity index (χ1n) is 9.81. The molecule has 0 saturated carbocycles. The molecule has 1 N–H and O–H groups in total. The molecule has 2 atom stereocenters. The van der Waals surface area contributed by atoms with E-state index in [1.54, 1.807) is 11.8 Å². The van der Waals surface area contributed by atoms with E-state index in [1.165, 1.54) is 0 Å². The van der Waals surface area contributed by atoms with E-state index in [0.29, 0.717) is 55.2 Å². The molecule has 1 fully saturated rings. The van der Waals surface area contributed by atoms with E-state index in [9.17, 15) is 14.7 Å². The van der Waals surface area contributed by atoms with Gasteiger partial charge in [-0.15, -0.1) is 0 Å². The molecule has 2 aromatic rings. The summed E-state index contributed by atoms with van der Waals surface area (Å²) >= 11 is 0. The molecule has 3 aliphatic rings. The third kappa shape index (κ3) is 2.37. The molecular formula is C22H23NO5. The zero-order valence-electron chi connectivity index (χ0n) is 15.9. The lowest BCUT2D eigenvalue weighted by molar-refractivity contribution is 0.0439. The summed E-state index contributed by atoms with van der Waals surface area (Å²) in [5.74, 6) is 1.78. The highest BCUT2D eigenvalue weighted by atomic mass is 16.5. The Balaban J connectivity index is 1.52. The van der Waals surface area contributed by atoms with E-state index < -0.39 is 5.41 Å². The van der Waals surface area contributed by atoms with Gasteiger partial charge in [0.15, 0.2) is 5.78 Å². The number of hydrogen-bond donors (Lipinski definition) is 1. The van der Waals surface area contributed by atoms with Gasteiger partial charge in [-0.25, -0.2) is 0 Å². The number of aryl methyl sites for hydroxylation is 2. The van der Waals surface area contributed by atoms with Crippen molar-refractivity contribution < 1.29 is 23.8 Å². The maximum atomic E-state index is 13.5. The summed E-state index contributed by atoms with van der Waals surface area (Å²) in [6.45, 7) is 2.96. The average molecular weight is 381 g/mol. The van der Waals surface area contributed by atoms with Crippen molar-refractivity contribution in [3.63, 3.8) is 0 Å². The van der Waals surface area contributed by atoms with Crippen molar-refractivity contribution in [2.24, 2.45) is 5.41 Å². The molecule has 146 valence electrons. The number of ketones is 1. The first kappa shape index (κ1) is 17.5. The van der Waals surface area contributed by atoms with E-state index in [1.807, 2.05) is 24.3 Å². The molecular weight excluding hydrogens is 358 g/mol. The third-order valence-electron chi connectivity index (χ3n) is 6.52. The molecule has 0 radical (unpaired) electrons. The minimum absolute atomic E-state index is 0.00475. The molecule has 6 nitrogen and oxygen atoms in total. The number of ether oxygens (including phenoxy) is 1. The van der Waals surface area contributed by atoms with Crippen molar-refractivity contribution in [1.82, 2.24) is 4.90 Å². The van der Waals surface area contributed by atoms with Gasteiger partial charge in [0.25, 0.3) is 5.91 Å². The summed E-state index contributed by atoms with van der Waals surface area (Å²) in [4.78, 5) is 27.7. The van der Waals surface area contributed by atoms with Crippen molar-refractivity contribution in [1.29, 1.82) is 0 Å². The van der Waals surface area contributed by atoms with Crippen LogP contribution in [-0.4, -0.2) is 48.0 Å². The molecule has 0 bridgehead atoms. The first-order valence-corrected chi connectivity index (χ1v) is 9.81. The number of aliphatic hydroxyl groups is 1. The lowest BCUT2D eigenvalue weighted by Gasteiger charge is -2.37. The Hall–Kier alpha value is -2.60. The number of furan rings is 1. The van der Waals surface area contributed by atoms with Crippen LogP contribution in [-0.2, 0) is 6.42 Å². The predicted octanol–water partition coefficient (Wildman–Crippen LogP) is 2.72. The fourth-order valence-corrected chi connectivity index (χ4v) is 5.05. The van der Waals surface area contributed by atoms with Crippen molar-refractivity contribution >= 4 is 11.7 Å². The van der Waals surface area contributed by atoms with Gasteiger partial charge >= 0.3 is 0 Å². The van der Waals surface area contributed by atoms with Crippen LogP contribution in [0, 0.1) is 12.3 Å². The number of para-hydroxylation sites is 1. The van der Waals surface area contributed by atoms with Gasteiger partial charge in [0, 0.05) is 31.8 Å². The quantitative estimate of drug-likeness (QED) is 0.865. The minimum atomic E-state index is -0.522. The second kappa shape index (κ2) is 6.21. The molecule has 28 heavy (non-hydrogen) atoms. The summed E-state index contributed by atoms with van der Waals surface area (Å²) in [6.07, 6.45) is 1.91. The van der Waals surface area contributed by atoms with Crippen LogP contribution in [0.1, 0.15) is 56.6 Å². The van der Waals surface area contributed by atoms with Crippen LogP contribution in [0.15, 0.2) is 28.7 Å². The Bertz CT molecular complexity index is 977. The normalized spacial score (nSPS) is 25.7. The molecule has 1 saturated heterocycles. The molecule has 1 amide bonds. The van der Waals surface area contributed by atoms with Gasteiger partial charge in [-0.05, 0) is 25.0 Å². The maximum absolute atomic E-state index is 13.5. The summed E-state index contributed by atoms with van der Waals surface area (Å²) in [6, 6.07) is 7.81. The van der Waals surface area contributed by atoms with Crippen LogP contribution in [0.2, 0.25) is 0 Å². The van der Waals surface area contributed by atoms with Crippen molar-refractivity contribution in [3.05, 3.63) is 52.5 Å². The van der Waals surface area contributed by atoms with Crippen LogP contribution >= 0.6 is 0 Å². The third-order valence-corrected chi connectivity index (χ3v) is 6.52. The van der Waals surface area contributed by atoms with Gasteiger partial charge in [-0.3, -0.25) is 9.59 Å². The monoisotopic (exact) mass is 381 g/mol. The molecule has 0 spiro atoms. The average Bonchev–Trinajstić information content (AvgIpc) is 3.26. The Kier molecular flexibility index (Phi) is 3.88. The fourth-order valence-electron chi connectivity index (χ4n) is 5.05. The molecule has 3 heterocycles. The van der Waals surface area contributed by atoms with Gasteiger partial charge in [0.05, 0.1) is 29.8 Å². The van der Waals surface area contributed by atoms with Crippen LogP contribution in [0.5, 0.6) is 5.75 Å². The number of amides is 1. The van der Waals surface area contributed by atoms with Crippen LogP contribution in [0.4, 0.5) is 0 Å². The zero-order valence-corrected chi connectivity index (χ0v) is 15.9. The molecule has 2 aliphatic heterocycles. The van der Waals surface area contributed by atoms with E-state index in [0.717, 1.165) is 17.7 Å². The Morgan fingerprint density at radius 1 is 1.32 bits per heavy atom. The number of aliphatic hydroxyl groups excluding tert-OH is 1. The Morgan fingerprint density at radius 2 is 2.14 bits per heavy atom. The Morgan fingerprint density at radius 3 is 2.96 bits per heavy atom. The van der Waals surface area contributed by atoms with E-state index >= 15 is 0 Å². The van der Waals surface area contributed by atoms with Gasteiger partial charge in [-0.1, -0.05) is 18.2 Å². The highest BCUT2D eigenvalue weighted by Crippen LogP contribution is 2.49. The number of hydrogen-bond acceptors (Lipinski definition) is 5. The van der Waals surface area contributed by atoms with Crippen LogP contribution in [0.25, 0.3) is 0 Å². The zero-order chi connectivity index (χ0) is 19.5. The van der Waals surface area contributed by atoms with Crippen molar-refractivity contribution in [2.75, 3.05) is 26.3 Å². The fraction of sp³-hybridized carbons (Fsp3) is 0.455. The van der Waals surface area contributed by atoms with E-state index in [4.69, 9.17) is 9.15 Å². The summed E-state index contributed by atoms with van der Waals surface area (Å²) in [5.41, 5.74) is 1.38. The van der Waals surface area contributed by atoms with Crippen LogP contribution in [0.3, 0.4) is 0 Å². The Labute approximate surface area is 163 Å². The smallest absolute Gasteiger partial charge is 0.258 e. The number of fused-ring (bicyclic) bond motifs is 4. The number of carbonyl (C=O) groups is 2. The predicted molar refractivity (Wildman–Crippen MR) is 101 cm³/mol. The number of likely N-dealkylation sites (tertiary alicyclic amines) is 1. The summed E-state index contributed by atoms with van der Waals surface area (Å²) in [5, 5.41) is 10.2. The number of carbonyl (C=O) groups excluding carboxylic acids is 2. The molecule has 5 rings (SSSR count). The maximum Gasteiger partial charge on any atom is 0.258 e. The molecule has 1 aliphatic carbocycles. The minimum Gasteiger partial charge on any atom is -0.493 e. The van der Waals surface area contributed by atoms with Gasteiger partial charge in [-0.2, -0.15) is 0 Å². The van der Waals surface area contributed by atoms with Crippen molar-refractivity contribution in [3.8, 4) is 5.75 Å². The second-order valence-electron chi connectivity index (χ2n) is 8.19. The number of benzene rings is 1. The number of Topliss-reactive ketones (excluding diaryl/α,β-unsaturated/α-hetero) is 1. The van der Waals surface area contributed by atoms with E-state index in [-0.39, 0.29) is 24.2 Å².